The minimum atomic E-state index is -2.54. The van der Waals surface area contributed by atoms with Crippen LogP contribution in [0.4, 0.5) is 17.5 Å². The number of ether oxygens (including phenoxy) is 1. The van der Waals surface area contributed by atoms with Gasteiger partial charge >= 0.3 is 0 Å². The monoisotopic (exact) mass is 489 g/mol. The van der Waals surface area contributed by atoms with Crippen LogP contribution < -0.4 is 15.5 Å². The molecule has 5 rings (SSSR count). The molecule has 1 aromatic carbocycles. The van der Waals surface area contributed by atoms with Crippen LogP contribution in [0.5, 0.6) is 0 Å². The standard InChI is InChI=1S/C25H28N7O2P/c1-31-8-6-22(30-31)18-13-19(15-21(14-18)35(2,3)33)23-16-24(27-20-5-4-7-26-17-20)29-25(28-23)32-9-11-34-12-10-32/h4-8,13-17H,9-12H2,1-3H3,(H,27,28,29). The Morgan fingerprint density at radius 2 is 1.77 bits per heavy atom. The van der Waals surface area contributed by atoms with Gasteiger partial charge in [0.1, 0.15) is 13.0 Å². The van der Waals surface area contributed by atoms with Crippen molar-refractivity contribution in [1.82, 2.24) is 24.7 Å². The summed E-state index contributed by atoms with van der Waals surface area (Å²) in [6, 6.07) is 13.6. The molecule has 1 saturated heterocycles. The molecule has 0 atom stereocenters. The van der Waals surface area contributed by atoms with E-state index in [0.717, 1.165) is 33.5 Å². The molecule has 0 spiro atoms. The molecule has 180 valence electrons. The van der Waals surface area contributed by atoms with Gasteiger partial charge in [-0.25, -0.2) is 4.98 Å². The second-order valence-electron chi connectivity index (χ2n) is 8.90. The summed E-state index contributed by atoms with van der Waals surface area (Å²) >= 11 is 0. The molecule has 9 nitrogen and oxygen atoms in total. The van der Waals surface area contributed by atoms with Crippen LogP contribution in [0.1, 0.15) is 0 Å². The normalized spacial score (nSPS) is 14.2. The Balaban J connectivity index is 1.64. The highest BCUT2D eigenvalue weighted by Crippen LogP contribution is 2.38. The zero-order valence-corrected chi connectivity index (χ0v) is 20.9. The summed E-state index contributed by atoms with van der Waals surface area (Å²) in [6.45, 7) is 6.26. The largest absolute Gasteiger partial charge is 0.378 e. The summed E-state index contributed by atoms with van der Waals surface area (Å²) in [7, 11) is -0.657. The van der Waals surface area contributed by atoms with Crippen molar-refractivity contribution in [2.24, 2.45) is 7.05 Å². The fourth-order valence-electron chi connectivity index (χ4n) is 3.92. The molecular weight excluding hydrogens is 461 g/mol. The molecule has 1 fully saturated rings. The molecule has 0 radical (unpaired) electrons. The molecule has 1 N–H and O–H groups in total. The number of pyridine rings is 1. The molecule has 0 unspecified atom stereocenters. The fourth-order valence-corrected chi connectivity index (χ4v) is 4.82. The lowest BCUT2D eigenvalue weighted by Gasteiger charge is -2.27. The summed E-state index contributed by atoms with van der Waals surface area (Å²) in [4.78, 5) is 16.0. The Kier molecular flexibility index (Phi) is 6.36. The van der Waals surface area contributed by atoms with Crippen molar-refractivity contribution >= 4 is 29.9 Å². The highest BCUT2D eigenvalue weighted by molar-refractivity contribution is 7.70. The first kappa shape index (κ1) is 23.2. The number of nitrogens with one attached hydrogen (secondary N) is 1. The SMILES string of the molecule is Cn1ccc(-c2cc(-c3cc(Nc4cccnc4)nc(N4CCOCC4)n3)cc(P(C)(C)=O)c2)n1. The maximum Gasteiger partial charge on any atom is 0.228 e. The van der Waals surface area contributed by atoms with E-state index in [1.54, 1.807) is 30.4 Å². The number of benzene rings is 1. The van der Waals surface area contributed by atoms with E-state index in [1.165, 1.54) is 0 Å². The number of aryl methyl sites for hydroxylation is 1. The molecule has 35 heavy (non-hydrogen) atoms. The van der Waals surface area contributed by atoms with Crippen LogP contribution in [0.2, 0.25) is 0 Å². The fraction of sp³-hybridized carbons (Fsp3) is 0.280. The number of aromatic nitrogens is 5. The van der Waals surface area contributed by atoms with Crippen molar-refractivity contribution in [2.75, 3.05) is 49.8 Å². The molecule has 1 aliphatic rings. The summed E-state index contributed by atoms with van der Waals surface area (Å²) in [5, 5.41) is 8.68. The lowest BCUT2D eigenvalue weighted by Crippen LogP contribution is -2.37. The smallest absolute Gasteiger partial charge is 0.228 e. The predicted octanol–water partition coefficient (Wildman–Crippen LogP) is 3.77. The molecule has 4 aromatic rings. The maximum atomic E-state index is 13.1. The lowest BCUT2D eigenvalue weighted by molar-refractivity contribution is 0.122. The van der Waals surface area contributed by atoms with Gasteiger partial charge in [-0.3, -0.25) is 9.67 Å². The van der Waals surface area contributed by atoms with E-state index in [1.807, 2.05) is 55.7 Å². The second-order valence-corrected chi connectivity index (χ2v) is 12.1. The van der Waals surface area contributed by atoms with Crippen LogP contribution in [0.3, 0.4) is 0 Å². The van der Waals surface area contributed by atoms with E-state index in [9.17, 15) is 4.57 Å². The van der Waals surface area contributed by atoms with Crippen LogP contribution in [0, 0.1) is 0 Å². The average Bonchev–Trinajstić information content (AvgIpc) is 3.30. The molecule has 1 aliphatic heterocycles. The van der Waals surface area contributed by atoms with Gasteiger partial charge in [-0.2, -0.15) is 10.1 Å². The number of rotatable bonds is 6. The van der Waals surface area contributed by atoms with Gasteiger partial charge in [-0.15, -0.1) is 0 Å². The minimum Gasteiger partial charge on any atom is -0.378 e. The lowest BCUT2D eigenvalue weighted by atomic mass is 10.1. The Labute approximate surface area is 204 Å². The molecule has 0 amide bonds. The van der Waals surface area contributed by atoms with Crippen LogP contribution in [-0.4, -0.2) is 64.4 Å². The van der Waals surface area contributed by atoms with Gasteiger partial charge in [-0.1, -0.05) is 0 Å². The van der Waals surface area contributed by atoms with Crippen molar-refractivity contribution in [3.05, 3.63) is 61.1 Å². The summed E-state index contributed by atoms with van der Waals surface area (Å²) in [5.74, 6) is 1.28. The molecule has 0 saturated carbocycles. The van der Waals surface area contributed by atoms with Crippen molar-refractivity contribution in [2.45, 2.75) is 0 Å². The van der Waals surface area contributed by atoms with Gasteiger partial charge in [0.05, 0.1) is 36.5 Å². The third-order valence-corrected chi connectivity index (χ3v) is 7.29. The minimum absolute atomic E-state index is 0.623. The van der Waals surface area contributed by atoms with E-state index in [-0.39, 0.29) is 0 Å². The van der Waals surface area contributed by atoms with E-state index >= 15 is 0 Å². The van der Waals surface area contributed by atoms with Crippen LogP contribution in [-0.2, 0) is 16.3 Å². The Bertz CT molecular complexity index is 1380. The molecule has 10 heteroatoms. The van der Waals surface area contributed by atoms with Crippen molar-refractivity contribution in [3.63, 3.8) is 0 Å². The highest BCUT2D eigenvalue weighted by Gasteiger charge is 2.20. The Hall–Kier alpha value is -3.55. The third kappa shape index (κ3) is 5.42. The highest BCUT2D eigenvalue weighted by atomic mass is 31.2. The first-order valence-corrected chi connectivity index (χ1v) is 14.1. The number of hydrogen-bond acceptors (Lipinski definition) is 8. The van der Waals surface area contributed by atoms with Crippen LogP contribution in [0.15, 0.2) is 61.1 Å². The Morgan fingerprint density at radius 1 is 1.00 bits per heavy atom. The van der Waals surface area contributed by atoms with Gasteiger partial charge in [-0.05, 0) is 49.7 Å². The number of anilines is 3. The van der Waals surface area contributed by atoms with Gasteiger partial charge in [0.2, 0.25) is 5.95 Å². The third-order valence-electron chi connectivity index (χ3n) is 5.79. The number of hydrogen-bond donors (Lipinski definition) is 1. The summed E-state index contributed by atoms with van der Waals surface area (Å²) in [6.07, 6.45) is 5.38. The topological polar surface area (TPSA) is 98.1 Å². The number of nitrogens with zero attached hydrogens (tertiary/aromatic N) is 6. The van der Waals surface area contributed by atoms with E-state index in [2.05, 4.69) is 20.3 Å². The van der Waals surface area contributed by atoms with Crippen LogP contribution in [0.25, 0.3) is 22.5 Å². The Morgan fingerprint density at radius 3 is 2.43 bits per heavy atom. The summed E-state index contributed by atoms with van der Waals surface area (Å²) < 4.78 is 20.4. The van der Waals surface area contributed by atoms with Gasteiger partial charge in [0, 0.05) is 55.0 Å². The van der Waals surface area contributed by atoms with Crippen molar-refractivity contribution in [1.29, 1.82) is 0 Å². The number of morpholine rings is 1. The van der Waals surface area contributed by atoms with Gasteiger partial charge < -0.3 is 19.5 Å². The zero-order valence-electron chi connectivity index (χ0n) is 20.0. The molecule has 3 aromatic heterocycles. The van der Waals surface area contributed by atoms with Gasteiger partial charge in [0.15, 0.2) is 0 Å². The van der Waals surface area contributed by atoms with Crippen LogP contribution >= 0.6 is 7.14 Å². The van der Waals surface area contributed by atoms with E-state index < -0.39 is 7.14 Å². The zero-order chi connectivity index (χ0) is 24.4. The summed E-state index contributed by atoms with van der Waals surface area (Å²) in [5.41, 5.74) is 4.15. The first-order chi connectivity index (χ1) is 16.8. The second kappa shape index (κ2) is 9.60. The molecule has 0 bridgehead atoms. The van der Waals surface area contributed by atoms with Crippen molar-refractivity contribution < 1.29 is 9.30 Å². The maximum absolute atomic E-state index is 13.1. The molecule has 4 heterocycles. The average molecular weight is 490 g/mol. The van der Waals surface area contributed by atoms with E-state index in [4.69, 9.17) is 14.7 Å². The quantitative estimate of drug-likeness (QED) is 0.409. The van der Waals surface area contributed by atoms with Gasteiger partial charge in [0.25, 0.3) is 0 Å². The molecular formula is C25H28N7O2P. The first-order valence-electron chi connectivity index (χ1n) is 11.4. The predicted molar refractivity (Wildman–Crippen MR) is 139 cm³/mol. The van der Waals surface area contributed by atoms with E-state index in [0.29, 0.717) is 38.1 Å². The van der Waals surface area contributed by atoms with Crippen molar-refractivity contribution in [3.8, 4) is 22.5 Å². The molecule has 0 aliphatic carbocycles.